The van der Waals surface area contributed by atoms with Crippen LogP contribution in [-0.4, -0.2) is 37.1 Å². The molecule has 3 aromatic carbocycles. The Kier molecular flexibility index (Phi) is 6.08. The summed E-state index contributed by atoms with van der Waals surface area (Å²) in [5.41, 5.74) is 2.55. The van der Waals surface area contributed by atoms with Crippen molar-refractivity contribution in [3.8, 4) is 17.6 Å². The summed E-state index contributed by atoms with van der Waals surface area (Å²) in [7, 11) is 1.63. The highest BCUT2D eigenvalue weighted by Gasteiger charge is 2.39. The zero-order chi connectivity index (χ0) is 23.7. The van der Waals surface area contributed by atoms with E-state index in [1.807, 2.05) is 67.6 Å². The van der Waals surface area contributed by atoms with E-state index in [-0.39, 0.29) is 18.2 Å². The van der Waals surface area contributed by atoms with Gasteiger partial charge in [0.25, 0.3) is 0 Å². The number of carbonyl (C=O) groups excluding carboxylic acids is 1. The van der Waals surface area contributed by atoms with Gasteiger partial charge in [0.15, 0.2) is 0 Å². The van der Waals surface area contributed by atoms with Gasteiger partial charge >= 0.3 is 0 Å². The van der Waals surface area contributed by atoms with Crippen LogP contribution in [0.5, 0.6) is 11.5 Å². The number of ether oxygens (including phenoxy) is 2. The summed E-state index contributed by atoms with van der Waals surface area (Å²) in [6.07, 6.45) is 0.231. The highest BCUT2D eigenvalue weighted by molar-refractivity contribution is 8.03. The van der Waals surface area contributed by atoms with Crippen LogP contribution in [0.15, 0.2) is 71.3 Å². The fraction of sp³-hybridized carbons (Fsp3) is 0.259. The van der Waals surface area contributed by atoms with Gasteiger partial charge in [0.2, 0.25) is 5.91 Å². The lowest BCUT2D eigenvalue weighted by atomic mass is 9.83. The third-order valence-corrected chi connectivity index (χ3v) is 7.46. The number of rotatable bonds is 5. The van der Waals surface area contributed by atoms with Crippen molar-refractivity contribution in [2.75, 3.05) is 31.2 Å². The summed E-state index contributed by atoms with van der Waals surface area (Å²) in [6, 6.07) is 22.3. The second-order valence-electron chi connectivity index (χ2n) is 8.19. The quantitative estimate of drug-likeness (QED) is 0.492. The normalized spacial score (nSPS) is 18.0. The number of carbonyl (C=O) groups is 1. The molecule has 34 heavy (non-hydrogen) atoms. The average Bonchev–Trinajstić information content (AvgIpc) is 2.88. The maximum Gasteiger partial charge on any atom is 0.229 e. The molecule has 5 rings (SSSR count). The molecule has 0 unspecified atom stereocenters. The second-order valence-corrected chi connectivity index (χ2v) is 9.13. The van der Waals surface area contributed by atoms with Crippen LogP contribution >= 0.6 is 11.8 Å². The molecule has 3 aromatic rings. The summed E-state index contributed by atoms with van der Waals surface area (Å²) in [4.78, 5) is 17.3. The lowest BCUT2D eigenvalue weighted by Gasteiger charge is -2.42. The molecule has 0 N–H and O–H groups in total. The third-order valence-electron chi connectivity index (χ3n) is 6.31. The van der Waals surface area contributed by atoms with Crippen LogP contribution in [0.4, 0.5) is 5.69 Å². The van der Waals surface area contributed by atoms with Crippen LogP contribution in [0.1, 0.15) is 24.8 Å². The van der Waals surface area contributed by atoms with E-state index < -0.39 is 0 Å². The molecule has 1 amide bonds. The van der Waals surface area contributed by atoms with Crippen LogP contribution in [0.25, 0.3) is 10.8 Å². The number of benzene rings is 3. The van der Waals surface area contributed by atoms with Crippen LogP contribution in [0.2, 0.25) is 0 Å². The van der Waals surface area contributed by atoms with E-state index in [9.17, 15) is 10.1 Å². The number of anilines is 1. The van der Waals surface area contributed by atoms with Crippen LogP contribution in [-0.2, 0) is 4.79 Å². The minimum atomic E-state index is -0.339. The van der Waals surface area contributed by atoms with E-state index in [1.54, 1.807) is 12.0 Å². The van der Waals surface area contributed by atoms with Gasteiger partial charge in [-0.25, -0.2) is 0 Å². The predicted molar refractivity (Wildman–Crippen MR) is 135 cm³/mol. The molecule has 2 aliphatic heterocycles. The van der Waals surface area contributed by atoms with Crippen molar-refractivity contribution in [3.05, 3.63) is 76.8 Å². The molecular formula is C27H25N3O3S. The lowest BCUT2D eigenvalue weighted by Crippen LogP contribution is -2.47. The molecular weight excluding hydrogens is 446 g/mol. The molecule has 0 aromatic heterocycles. The number of allylic oxidation sites excluding steroid dienone is 1. The number of thioether (sulfide) groups is 1. The third kappa shape index (κ3) is 3.84. The molecule has 0 radical (unpaired) electrons. The maximum atomic E-state index is 13.4. The van der Waals surface area contributed by atoms with E-state index in [1.165, 1.54) is 11.8 Å². The predicted octanol–water partition coefficient (Wildman–Crippen LogP) is 5.47. The molecule has 1 atom stereocenters. The Morgan fingerprint density at radius 3 is 2.65 bits per heavy atom. The van der Waals surface area contributed by atoms with Crippen LogP contribution < -0.4 is 14.4 Å². The van der Waals surface area contributed by atoms with E-state index >= 15 is 0 Å². The summed E-state index contributed by atoms with van der Waals surface area (Å²) in [5.74, 6) is 1.85. The van der Waals surface area contributed by atoms with Gasteiger partial charge in [0, 0.05) is 23.6 Å². The van der Waals surface area contributed by atoms with Gasteiger partial charge in [0.1, 0.15) is 11.5 Å². The number of fused-ring (bicyclic) bond motifs is 2. The Labute approximate surface area is 203 Å². The molecule has 0 aliphatic carbocycles. The van der Waals surface area contributed by atoms with Crippen molar-refractivity contribution >= 4 is 34.1 Å². The Balaban J connectivity index is 1.51. The molecule has 2 aliphatic rings. The van der Waals surface area contributed by atoms with Crippen molar-refractivity contribution < 1.29 is 14.3 Å². The van der Waals surface area contributed by atoms with Crippen molar-refractivity contribution in [2.24, 2.45) is 0 Å². The first-order valence-corrected chi connectivity index (χ1v) is 12.2. The minimum absolute atomic E-state index is 0.0112. The fourth-order valence-corrected chi connectivity index (χ4v) is 5.87. The number of amides is 1. The van der Waals surface area contributed by atoms with Crippen molar-refractivity contribution in [1.82, 2.24) is 4.90 Å². The standard InChI is InChI=1S/C27H25N3O3S/c1-3-33-20-11-9-19(10-12-20)29-16-30-25(31)14-22(23(15-28)27(30)34-17-29)26-21-7-5-4-6-18(21)8-13-24(26)32-2/h4-13,22H,3,14,16-17H2,1-2H3/t22-/m0/s1. The molecule has 0 spiro atoms. The van der Waals surface area contributed by atoms with Gasteiger partial charge in [0.05, 0.1) is 42.9 Å². The molecule has 0 saturated carbocycles. The molecule has 1 fully saturated rings. The molecule has 172 valence electrons. The first-order valence-electron chi connectivity index (χ1n) is 11.3. The number of hydrogen-bond donors (Lipinski definition) is 0. The van der Waals surface area contributed by atoms with E-state index in [4.69, 9.17) is 9.47 Å². The minimum Gasteiger partial charge on any atom is -0.496 e. The number of nitrogens with zero attached hydrogens (tertiary/aromatic N) is 3. The molecule has 2 heterocycles. The first-order chi connectivity index (χ1) is 16.6. The van der Waals surface area contributed by atoms with E-state index in [0.29, 0.717) is 30.5 Å². The summed E-state index contributed by atoms with van der Waals surface area (Å²) in [5, 5.41) is 13.0. The smallest absolute Gasteiger partial charge is 0.229 e. The lowest BCUT2D eigenvalue weighted by molar-refractivity contribution is -0.129. The average molecular weight is 472 g/mol. The van der Waals surface area contributed by atoms with Gasteiger partial charge in [-0.2, -0.15) is 5.26 Å². The van der Waals surface area contributed by atoms with Gasteiger partial charge < -0.3 is 14.4 Å². The Bertz CT molecular complexity index is 1310. The number of nitriles is 1. The molecule has 6 nitrogen and oxygen atoms in total. The zero-order valence-corrected chi connectivity index (χ0v) is 20.0. The fourth-order valence-electron chi connectivity index (χ4n) is 4.71. The van der Waals surface area contributed by atoms with Crippen LogP contribution in [0.3, 0.4) is 0 Å². The zero-order valence-electron chi connectivity index (χ0n) is 19.2. The summed E-state index contributed by atoms with van der Waals surface area (Å²) in [6.45, 7) is 2.99. The van der Waals surface area contributed by atoms with Crippen molar-refractivity contribution in [2.45, 2.75) is 19.3 Å². The maximum absolute atomic E-state index is 13.4. The largest absolute Gasteiger partial charge is 0.496 e. The van der Waals surface area contributed by atoms with Gasteiger partial charge in [-0.15, -0.1) is 0 Å². The van der Waals surface area contributed by atoms with Gasteiger partial charge in [-0.3, -0.25) is 9.69 Å². The van der Waals surface area contributed by atoms with Crippen LogP contribution in [0, 0.1) is 11.3 Å². The highest BCUT2D eigenvalue weighted by Crippen LogP contribution is 2.47. The summed E-state index contributed by atoms with van der Waals surface area (Å²) >= 11 is 1.53. The van der Waals surface area contributed by atoms with E-state index in [2.05, 4.69) is 11.0 Å². The molecule has 7 heteroatoms. The first kappa shape index (κ1) is 22.2. The summed E-state index contributed by atoms with van der Waals surface area (Å²) < 4.78 is 11.2. The van der Waals surface area contributed by atoms with E-state index in [0.717, 1.165) is 32.8 Å². The van der Waals surface area contributed by atoms with Gasteiger partial charge in [-0.05, 0) is 48.0 Å². The SMILES string of the molecule is CCOc1ccc(N2CSC3=C(C#N)[C@@H](c4c(OC)ccc5ccccc45)CC(=O)N3C2)cc1. The van der Waals surface area contributed by atoms with Crippen molar-refractivity contribution in [1.29, 1.82) is 5.26 Å². The monoisotopic (exact) mass is 471 g/mol. The van der Waals surface area contributed by atoms with Gasteiger partial charge in [-0.1, -0.05) is 42.1 Å². The van der Waals surface area contributed by atoms with Crippen molar-refractivity contribution in [3.63, 3.8) is 0 Å². The Hall–Kier alpha value is -3.63. The number of hydrogen-bond acceptors (Lipinski definition) is 6. The molecule has 0 bridgehead atoms. The Morgan fingerprint density at radius 2 is 1.91 bits per heavy atom. The highest BCUT2D eigenvalue weighted by atomic mass is 32.2. The molecule has 1 saturated heterocycles. The second kappa shape index (κ2) is 9.32. The topological polar surface area (TPSA) is 65.8 Å². The number of methoxy groups -OCH3 is 1. The Morgan fingerprint density at radius 1 is 1.12 bits per heavy atom.